The number of halogens is 1. The minimum atomic E-state index is -1.07. The summed E-state index contributed by atoms with van der Waals surface area (Å²) in [4.78, 5) is 25.6. The summed E-state index contributed by atoms with van der Waals surface area (Å²) >= 11 is 0. The molecule has 122 valence electrons. The predicted octanol–water partition coefficient (Wildman–Crippen LogP) is 3.02. The van der Waals surface area contributed by atoms with Crippen molar-refractivity contribution in [1.29, 1.82) is 0 Å². The van der Waals surface area contributed by atoms with Crippen molar-refractivity contribution in [2.45, 2.75) is 13.0 Å². The van der Waals surface area contributed by atoms with Crippen LogP contribution in [0.5, 0.6) is 5.75 Å². The molecule has 1 atom stereocenters. The first-order chi connectivity index (χ1) is 11.4. The minimum absolute atomic E-state index is 0.00295. The Bertz CT molecular complexity index is 858. The van der Waals surface area contributed by atoms with E-state index in [2.05, 4.69) is 0 Å². The van der Waals surface area contributed by atoms with Crippen molar-refractivity contribution in [3.8, 4) is 5.75 Å². The second-order valence-electron chi connectivity index (χ2n) is 5.43. The molecule has 1 heterocycles. The fourth-order valence-electron chi connectivity index (χ4n) is 2.84. The first-order valence-corrected chi connectivity index (χ1v) is 7.23. The van der Waals surface area contributed by atoms with Crippen LogP contribution in [0.1, 0.15) is 18.5 Å². The van der Waals surface area contributed by atoms with Gasteiger partial charge >= 0.3 is 0 Å². The van der Waals surface area contributed by atoms with Gasteiger partial charge in [0.1, 0.15) is 11.6 Å². The number of carbonyl (C=O) groups is 2. The topological polar surface area (TPSA) is 77.8 Å². The van der Waals surface area contributed by atoms with E-state index in [1.807, 2.05) is 0 Å². The lowest BCUT2D eigenvalue weighted by atomic mass is 9.96. The van der Waals surface area contributed by atoms with Crippen LogP contribution in [-0.2, 0) is 9.59 Å². The number of Topliss-reactive ketones (excluding diaryl/α,β-unsaturated/α-hetero) is 1. The molecule has 1 aliphatic rings. The summed E-state index contributed by atoms with van der Waals surface area (Å²) in [5.74, 6) is -2.59. The third-order valence-electron chi connectivity index (χ3n) is 3.92. The van der Waals surface area contributed by atoms with Gasteiger partial charge in [0.2, 0.25) is 0 Å². The van der Waals surface area contributed by atoms with Crippen molar-refractivity contribution in [3.05, 3.63) is 71.2 Å². The highest BCUT2D eigenvalue weighted by Crippen LogP contribution is 2.41. The third kappa shape index (κ3) is 2.42. The molecule has 0 radical (unpaired) electrons. The molecule has 2 N–H and O–H groups in total. The van der Waals surface area contributed by atoms with Crippen molar-refractivity contribution >= 4 is 17.4 Å². The van der Waals surface area contributed by atoms with Crippen molar-refractivity contribution in [1.82, 2.24) is 0 Å². The van der Waals surface area contributed by atoms with Crippen molar-refractivity contribution < 1.29 is 24.2 Å². The molecule has 24 heavy (non-hydrogen) atoms. The van der Waals surface area contributed by atoms with Gasteiger partial charge in [-0.3, -0.25) is 14.5 Å². The van der Waals surface area contributed by atoms with Crippen LogP contribution in [0.3, 0.4) is 0 Å². The second kappa shape index (κ2) is 5.81. The van der Waals surface area contributed by atoms with Crippen LogP contribution in [0.2, 0.25) is 0 Å². The average molecular weight is 327 g/mol. The quantitative estimate of drug-likeness (QED) is 0.908. The lowest BCUT2D eigenvalue weighted by molar-refractivity contribution is -0.117. The van der Waals surface area contributed by atoms with Crippen LogP contribution in [0.25, 0.3) is 0 Å². The highest BCUT2D eigenvalue weighted by molar-refractivity contribution is 6.16. The summed E-state index contributed by atoms with van der Waals surface area (Å²) in [7, 11) is 0. The number of nitrogens with zero attached hydrogens (tertiary/aromatic N) is 1. The highest BCUT2D eigenvalue weighted by Gasteiger charge is 2.44. The van der Waals surface area contributed by atoms with E-state index in [1.165, 1.54) is 49.4 Å². The van der Waals surface area contributed by atoms with E-state index in [1.54, 1.807) is 6.07 Å². The first-order valence-electron chi connectivity index (χ1n) is 7.23. The Labute approximate surface area is 137 Å². The van der Waals surface area contributed by atoms with Crippen molar-refractivity contribution in [3.63, 3.8) is 0 Å². The Hall–Kier alpha value is -3.15. The van der Waals surface area contributed by atoms with Crippen LogP contribution < -0.4 is 4.90 Å². The average Bonchev–Trinajstić information content (AvgIpc) is 2.81. The molecule has 1 amide bonds. The number of phenolic OH excluding ortho intramolecular Hbond substituents is 1. The van der Waals surface area contributed by atoms with E-state index < -0.39 is 29.3 Å². The fourth-order valence-corrected chi connectivity index (χ4v) is 2.84. The lowest BCUT2D eigenvalue weighted by Crippen LogP contribution is -2.31. The predicted molar refractivity (Wildman–Crippen MR) is 85.1 cm³/mol. The molecule has 0 saturated carbocycles. The third-order valence-corrected chi connectivity index (χ3v) is 3.92. The summed E-state index contributed by atoms with van der Waals surface area (Å²) < 4.78 is 14.3. The van der Waals surface area contributed by atoms with Gasteiger partial charge in [-0.2, -0.15) is 0 Å². The first kappa shape index (κ1) is 15.7. The van der Waals surface area contributed by atoms with E-state index in [0.717, 1.165) is 4.90 Å². The van der Waals surface area contributed by atoms with Crippen LogP contribution in [-0.4, -0.2) is 21.9 Å². The number of carbonyl (C=O) groups excluding carboxylic acids is 2. The van der Waals surface area contributed by atoms with E-state index >= 15 is 0 Å². The summed E-state index contributed by atoms with van der Waals surface area (Å²) in [6.07, 6.45) is 0. The van der Waals surface area contributed by atoms with Crippen LogP contribution in [0.4, 0.5) is 10.1 Å². The molecule has 0 spiro atoms. The zero-order valence-corrected chi connectivity index (χ0v) is 12.7. The van der Waals surface area contributed by atoms with Crippen LogP contribution in [0, 0.1) is 5.82 Å². The van der Waals surface area contributed by atoms with Gasteiger partial charge in [-0.1, -0.05) is 18.2 Å². The maximum Gasteiger partial charge on any atom is 0.294 e. The number of aliphatic hydroxyl groups excluding tert-OH is 1. The van der Waals surface area contributed by atoms with Gasteiger partial charge in [0.25, 0.3) is 5.91 Å². The van der Waals surface area contributed by atoms with E-state index in [-0.39, 0.29) is 16.9 Å². The summed E-state index contributed by atoms with van der Waals surface area (Å²) in [6.45, 7) is 1.22. The summed E-state index contributed by atoms with van der Waals surface area (Å²) in [5.41, 5.74) is 0.278. The normalized spacial score (nSPS) is 17.5. The maximum absolute atomic E-state index is 14.3. The SMILES string of the molecule is CC(=O)C1=C(O)C(=O)N(c2ccc(O)cc2)C1c1ccccc1F. The molecule has 1 unspecified atom stereocenters. The number of anilines is 1. The van der Waals surface area contributed by atoms with Gasteiger partial charge in [-0.15, -0.1) is 0 Å². The lowest BCUT2D eigenvalue weighted by Gasteiger charge is -2.27. The molecule has 3 rings (SSSR count). The van der Waals surface area contributed by atoms with Crippen molar-refractivity contribution in [2.24, 2.45) is 0 Å². The van der Waals surface area contributed by atoms with Gasteiger partial charge in [-0.05, 0) is 37.3 Å². The highest BCUT2D eigenvalue weighted by atomic mass is 19.1. The maximum atomic E-state index is 14.3. The molecular weight excluding hydrogens is 313 g/mol. The Morgan fingerprint density at radius 2 is 1.71 bits per heavy atom. The number of ketones is 1. The van der Waals surface area contributed by atoms with Crippen molar-refractivity contribution in [2.75, 3.05) is 4.90 Å². The van der Waals surface area contributed by atoms with E-state index in [0.29, 0.717) is 5.69 Å². The zero-order valence-electron chi connectivity index (χ0n) is 12.7. The molecule has 5 nitrogen and oxygen atoms in total. The number of rotatable bonds is 3. The number of hydrogen-bond acceptors (Lipinski definition) is 4. The zero-order chi connectivity index (χ0) is 17.4. The molecule has 0 aliphatic carbocycles. The number of hydrogen-bond donors (Lipinski definition) is 2. The van der Waals surface area contributed by atoms with Crippen LogP contribution in [0.15, 0.2) is 59.9 Å². The number of amides is 1. The largest absolute Gasteiger partial charge is 0.508 e. The molecule has 6 heteroatoms. The number of aromatic hydroxyl groups is 1. The fraction of sp³-hybridized carbons (Fsp3) is 0.111. The minimum Gasteiger partial charge on any atom is -0.508 e. The van der Waals surface area contributed by atoms with Gasteiger partial charge < -0.3 is 10.2 Å². The second-order valence-corrected chi connectivity index (χ2v) is 5.43. The molecule has 0 bridgehead atoms. The molecule has 1 aliphatic heterocycles. The van der Waals surface area contributed by atoms with E-state index in [9.17, 15) is 24.2 Å². The number of phenols is 1. The monoisotopic (exact) mass is 327 g/mol. The van der Waals surface area contributed by atoms with Gasteiger partial charge in [0, 0.05) is 11.3 Å². The smallest absolute Gasteiger partial charge is 0.294 e. The molecule has 2 aromatic rings. The van der Waals surface area contributed by atoms with Gasteiger partial charge in [0.05, 0.1) is 11.6 Å². The Morgan fingerprint density at radius 1 is 1.08 bits per heavy atom. The summed E-state index contributed by atoms with van der Waals surface area (Å²) in [5, 5.41) is 19.5. The van der Waals surface area contributed by atoms with Gasteiger partial charge in [0.15, 0.2) is 11.5 Å². The summed E-state index contributed by atoms with van der Waals surface area (Å²) in [6, 6.07) is 10.3. The Balaban J connectivity index is 2.21. The standard InChI is InChI=1S/C18H14FNO4/c1-10(21)15-16(13-4-2-3-5-14(13)19)20(18(24)17(15)23)11-6-8-12(22)9-7-11/h2-9,16,22-23H,1H3. The van der Waals surface area contributed by atoms with Crippen LogP contribution >= 0.6 is 0 Å². The Kier molecular flexibility index (Phi) is 3.81. The van der Waals surface area contributed by atoms with E-state index in [4.69, 9.17) is 0 Å². The molecule has 0 saturated heterocycles. The van der Waals surface area contributed by atoms with Gasteiger partial charge in [-0.25, -0.2) is 4.39 Å². The molecule has 0 aromatic heterocycles. The molecular formula is C18H14FNO4. The Morgan fingerprint density at radius 3 is 2.29 bits per heavy atom. The molecule has 0 fully saturated rings. The number of aliphatic hydroxyl groups is 1. The number of benzene rings is 2. The molecule has 2 aromatic carbocycles.